The maximum absolute atomic E-state index is 6.08. The minimum absolute atomic E-state index is 0.0442. The number of ether oxygens (including phenoxy) is 2. The summed E-state index contributed by atoms with van der Waals surface area (Å²) in [5.74, 6) is 0.785. The van der Waals surface area contributed by atoms with Crippen molar-refractivity contribution in [2.45, 2.75) is 31.2 Å². The number of nitrogens with two attached hydrogens (primary N) is 1. The van der Waals surface area contributed by atoms with Crippen molar-refractivity contribution in [2.24, 2.45) is 5.73 Å². The third-order valence-corrected chi connectivity index (χ3v) is 3.67. The molecule has 1 saturated carbocycles. The van der Waals surface area contributed by atoms with Crippen LogP contribution in [-0.2, 0) is 9.47 Å². The fourth-order valence-corrected chi connectivity index (χ4v) is 2.21. The van der Waals surface area contributed by atoms with Gasteiger partial charge in [-0.05, 0) is 29.9 Å². The average Bonchev–Trinajstić information content (AvgIpc) is 2.33. The summed E-state index contributed by atoms with van der Waals surface area (Å²) >= 11 is 0. The van der Waals surface area contributed by atoms with Gasteiger partial charge in [-0.3, -0.25) is 0 Å². The van der Waals surface area contributed by atoms with E-state index in [1.807, 2.05) is 0 Å². The molecule has 0 saturated heterocycles. The van der Waals surface area contributed by atoms with Crippen molar-refractivity contribution in [1.29, 1.82) is 0 Å². The highest BCUT2D eigenvalue weighted by Gasteiger charge is 2.19. The summed E-state index contributed by atoms with van der Waals surface area (Å²) in [5.41, 5.74) is 8.69. The Kier molecular flexibility index (Phi) is 5.17. The van der Waals surface area contributed by atoms with Gasteiger partial charge in [0.25, 0.3) is 0 Å². The van der Waals surface area contributed by atoms with Crippen LogP contribution in [0.2, 0.25) is 0 Å². The van der Waals surface area contributed by atoms with E-state index in [2.05, 4.69) is 24.3 Å². The monoisotopic (exact) mass is 249 g/mol. The summed E-state index contributed by atoms with van der Waals surface area (Å²) in [6.45, 7) is 1.77. The molecule has 1 aromatic rings. The van der Waals surface area contributed by atoms with Gasteiger partial charge in [0, 0.05) is 7.11 Å². The molecule has 18 heavy (non-hydrogen) atoms. The predicted octanol–water partition coefficient (Wildman–Crippen LogP) is 2.62. The van der Waals surface area contributed by atoms with Crippen LogP contribution in [0.15, 0.2) is 24.3 Å². The van der Waals surface area contributed by atoms with Gasteiger partial charge in [0.1, 0.15) is 0 Å². The Morgan fingerprint density at radius 3 is 2.50 bits per heavy atom. The van der Waals surface area contributed by atoms with E-state index in [-0.39, 0.29) is 6.04 Å². The van der Waals surface area contributed by atoms with Gasteiger partial charge in [-0.25, -0.2) is 0 Å². The van der Waals surface area contributed by atoms with E-state index in [0.29, 0.717) is 19.8 Å². The van der Waals surface area contributed by atoms with E-state index in [9.17, 15) is 0 Å². The quantitative estimate of drug-likeness (QED) is 0.755. The standard InChI is InChI=1S/C15H23NO2/c1-17-9-10-18-11-15(16)14-7-5-13(6-8-14)12-3-2-4-12/h5-8,12,15H,2-4,9-11,16H2,1H3. The third-order valence-electron chi connectivity index (χ3n) is 3.67. The van der Waals surface area contributed by atoms with Crippen LogP contribution in [0, 0.1) is 0 Å². The second-order valence-corrected chi connectivity index (χ2v) is 4.97. The molecule has 1 aliphatic rings. The van der Waals surface area contributed by atoms with Gasteiger partial charge >= 0.3 is 0 Å². The second-order valence-electron chi connectivity index (χ2n) is 4.97. The molecule has 0 amide bonds. The molecule has 0 bridgehead atoms. The van der Waals surface area contributed by atoms with Crippen molar-refractivity contribution < 1.29 is 9.47 Å². The highest BCUT2D eigenvalue weighted by molar-refractivity contribution is 5.28. The molecule has 1 unspecified atom stereocenters. The van der Waals surface area contributed by atoms with Crippen molar-refractivity contribution >= 4 is 0 Å². The normalized spacial score (nSPS) is 17.4. The Morgan fingerprint density at radius 2 is 1.94 bits per heavy atom. The van der Waals surface area contributed by atoms with Crippen molar-refractivity contribution in [3.63, 3.8) is 0 Å². The zero-order valence-corrected chi connectivity index (χ0v) is 11.1. The molecule has 0 aliphatic heterocycles. The Labute approximate surface area is 109 Å². The zero-order chi connectivity index (χ0) is 12.8. The molecule has 3 heteroatoms. The Morgan fingerprint density at radius 1 is 1.22 bits per heavy atom. The van der Waals surface area contributed by atoms with Crippen molar-refractivity contribution in [1.82, 2.24) is 0 Å². The van der Waals surface area contributed by atoms with E-state index in [1.165, 1.54) is 24.8 Å². The lowest BCUT2D eigenvalue weighted by Gasteiger charge is -2.26. The summed E-state index contributed by atoms with van der Waals surface area (Å²) in [5, 5.41) is 0. The summed E-state index contributed by atoms with van der Waals surface area (Å²) in [4.78, 5) is 0. The molecule has 2 N–H and O–H groups in total. The summed E-state index contributed by atoms with van der Waals surface area (Å²) in [6, 6.07) is 8.66. The lowest BCUT2D eigenvalue weighted by Crippen LogP contribution is -2.18. The maximum Gasteiger partial charge on any atom is 0.0701 e. The highest BCUT2D eigenvalue weighted by Crippen LogP contribution is 2.36. The van der Waals surface area contributed by atoms with Gasteiger partial charge < -0.3 is 15.2 Å². The first-order valence-electron chi connectivity index (χ1n) is 6.73. The predicted molar refractivity (Wildman–Crippen MR) is 72.7 cm³/mol. The molecule has 3 nitrogen and oxygen atoms in total. The van der Waals surface area contributed by atoms with Gasteiger partial charge in [0.15, 0.2) is 0 Å². The number of benzene rings is 1. The van der Waals surface area contributed by atoms with Crippen molar-refractivity contribution in [3.05, 3.63) is 35.4 Å². The molecular weight excluding hydrogens is 226 g/mol. The van der Waals surface area contributed by atoms with E-state index in [4.69, 9.17) is 15.2 Å². The highest BCUT2D eigenvalue weighted by atomic mass is 16.5. The maximum atomic E-state index is 6.08. The van der Waals surface area contributed by atoms with Gasteiger partial charge in [-0.1, -0.05) is 30.7 Å². The number of methoxy groups -OCH3 is 1. The van der Waals surface area contributed by atoms with Gasteiger partial charge in [-0.2, -0.15) is 0 Å². The SMILES string of the molecule is COCCOCC(N)c1ccc(C2CCC2)cc1. The molecule has 1 aromatic carbocycles. The lowest BCUT2D eigenvalue weighted by atomic mass is 9.80. The first-order chi connectivity index (χ1) is 8.81. The molecule has 1 aliphatic carbocycles. The summed E-state index contributed by atoms with van der Waals surface area (Å²) in [6.07, 6.45) is 4.05. The molecular formula is C15H23NO2. The van der Waals surface area contributed by atoms with Crippen LogP contribution in [0.25, 0.3) is 0 Å². The molecule has 100 valence electrons. The second kappa shape index (κ2) is 6.88. The number of rotatable bonds is 7. The van der Waals surface area contributed by atoms with Crippen molar-refractivity contribution in [2.75, 3.05) is 26.9 Å². The molecule has 0 heterocycles. The summed E-state index contributed by atoms with van der Waals surface area (Å²) in [7, 11) is 1.67. The largest absolute Gasteiger partial charge is 0.382 e. The molecule has 0 radical (unpaired) electrons. The molecule has 0 spiro atoms. The van der Waals surface area contributed by atoms with Gasteiger partial charge in [0.2, 0.25) is 0 Å². The fraction of sp³-hybridized carbons (Fsp3) is 0.600. The minimum atomic E-state index is -0.0442. The fourth-order valence-electron chi connectivity index (χ4n) is 2.21. The Hall–Kier alpha value is -0.900. The third kappa shape index (κ3) is 3.55. The van der Waals surface area contributed by atoms with Crippen LogP contribution in [0.5, 0.6) is 0 Å². The lowest BCUT2D eigenvalue weighted by molar-refractivity contribution is 0.0636. The Bertz CT molecular complexity index is 346. The van der Waals surface area contributed by atoms with E-state index >= 15 is 0 Å². The van der Waals surface area contributed by atoms with E-state index in [0.717, 1.165) is 11.5 Å². The zero-order valence-electron chi connectivity index (χ0n) is 11.1. The molecule has 2 rings (SSSR count). The van der Waals surface area contributed by atoms with Crippen LogP contribution in [0.3, 0.4) is 0 Å². The average molecular weight is 249 g/mol. The molecule has 0 aromatic heterocycles. The van der Waals surface area contributed by atoms with Crippen LogP contribution in [0.1, 0.15) is 42.3 Å². The number of hydrogen-bond acceptors (Lipinski definition) is 3. The van der Waals surface area contributed by atoms with Crippen LogP contribution in [0.4, 0.5) is 0 Å². The van der Waals surface area contributed by atoms with Crippen LogP contribution < -0.4 is 5.73 Å². The van der Waals surface area contributed by atoms with E-state index < -0.39 is 0 Å². The first-order valence-corrected chi connectivity index (χ1v) is 6.73. The minimum Gasteiger partial charge on any atom is -0.382 e. The topological polar surface area (TPSA) is 44.5 Å². The molecule has 1 fully saturated rings. The van der Waals surface area contributed by atoms with Gasteiger partial charge in [0.05, 0.1) is 25.9 Å². The van der Waals surface area contributed by atoms with Gasteiger partial charge in [-0.15, -0.1) is 0 Å². The van der Waals surface area contributed by atoms with E-state index in [1.54, 1.807) is 7.11 Å². The van der Waals surface area contributed by atoms with Crippen molar-refractivity contribution in [3.8, 4) is 0 Å². The molecule has 1 atom stereocenters. The van der Waals surface area contributed by atoms with Crippen LogP contribution >= 0.6 is 0 Å². The smallest absolute Gasteiger partial charge is 0.0701 e. The summed E-state index contributed by atoms with van der Waals surface area (Å²) < 4.78 is 10.4. The van der Waals surface area contributed by atoms with Crippen LogP contribution in [-0.4, -0.2) is 26.9 Å². The first kappa shape index (κ1) is 13.5. The Balaban J connectivity index is 1.80. The number of hydrogen-bond donors (Lipinski definition) is 1.